The number of hydrogen-bond acceptors (Lipinski definition) is 5. The number of ether oxygens (including phenoxy) is 2. The minimum absolute atomic E-state index is 0.0128. The molecule has 0 spiro atoms. The molecule has 0 aromatic rings. The van der Waals surface area contributed by atoms with Crippen molar-refractivity contribution in [2.75, 3.05) is 13.2 Å². The maximum absolute atomic E-state index is 13.7. The van der Waals surface area contributed by atoms with Crippen LogP contribution in [0.5, 0.6) is 0 Å². The molecule has 0 aliphatic heterocycles. The Morgan fingerprint density at radius 3 is 2.19 bits per heavy atom. The van der Waals surface area contributed by atoms with Gasteiger partial charge in [-0.1, -0.05) is 59.1 Å². The minimum atomic E-state index is -0.913. The summed E-state index contributed by atoms with van der Waals surface area (Å²) in [7, 11) is 0. The number of amides is 1. The minimum Gasteiger partial charge on any atom is -0.464 e. The van der Waals surface area contributed by atoms with Crippen LogP contribution in [0, 0.1) is 5.41 Å². The zero-order valence-electron chi connectivity index (χ0n) is 25.3. The second-order valence-corrected chi connectivity index (χ2v) is 12.2. The molecule has 1 aliphatic carbocycles. The molecule has 1 fully saturated rings. The number of esters is 1. The van der Waals surface area contributed by atoms with Crippen LogP contribution in [0.4, 0.5) is 0 Å². The van der Waals surface area contributed by atoms with Crippen LogP contribution < -0.4 is 0 Å². The monoisotopic (exact) mass is 521 g/mol. The first-order valence-corrected chi connectivity index (χ1v) is 14.4. The van der Waals surface area contributed by atoms with Gasteiger partial charge in [-0.15, -0.1) is 0 Å². The lowest BCUT2D eigenvalue weighted by molar-refractivity contribution is -0.205. The third-order valence-corrected chi connectivity index (χ3v) is 7.08. The van der Waals surface area contributed by atoms with E-state index >= 15 is 0 Å². The topological polar surface area (TPSA) is 65.1 Å². The smallest absolute Gasteiger partial charge is 0.339 e. The van der Waals surface area contributed by atoms with Crippen molar-refractivity contribution in [2.24, 2.45) is 5.41 Å². The Labute approximate surface area is 227 Å². The predicted octanol–water partition coefficient (Wildman–Crippen LogP) is 7.72. The summed E-state index contributed by atoms with van der Waals surface area (Å²) in [5.41, 5.74) is 2.12. The van der Waals surface area contributed by atoms with E-state index in [4.69, 9.17) is 14.3 Å². The van der Waals surface area contributed by atoms with Gasteiger partial charge in [-0.2, -0.15) is 0 Å². The summed E-state index contributed by atoms with van der Waals surface area (Å²) in [5, 5.41) is 1.69. The van der Waals surface area contributed by atoms with Crippen LogP contribution in [0.15, 0.2) is 23.3 Å². The molecule has 1 amide bonds. The summed E-state index contributed by atoms with van der Waals surface area (Å²) in [6.07, 6.45) is 8.16. The Balaban J connectivity index is 3.20. The van der Waals surface area contributed by atoms with Crippen LogP contribution in [0.2, 0.25) is 0 Å². The van der Waals surface area contributed by atoms with E-state index in [1.165, 1.54) is 0 Å². The van der Waals surface area contributed by atoms with Gasteiger partial charge in [-0.05, 0) is 89.7 Å². The van der Waals surface area contributed by atoms with Crippen molar-refractivity contribution in [1.29, 1.82) is 0 Å². The van der Waals surface area contributed by atoms with Crippen molar-refractivity contribution in [3.63, 3.8) is 0 Å². The highest BCUT2D eigenvalue weighted by molar-refractivity contribution is 5.81. The van der Waals surface area contributed by atoms with Crippen molar-refractivity contribution >= 4 is 11.9 Å². The third-order valence-electron chi connectivity index (χ3n) is 7.08. The van der Waals surface area contributed by atoms with E-state index < -0.39 is 17.7 Å². The summed E-state index contributed by atoms with van der Waals surface area (Å²) >= 11 is 0. The van der Waals surface area contributed by atoms with Gasteiger partial charge >= 0.3 is 5.97 Å². The number of unbranched alkanes of at least 4 members (excludes halogenated alkanes) is 2. The van der Waals surface area contributed by atoms with E-state index in [9.17, 15) is 9.59 Å². The lowest BCUT2D eigenvalue weighted by atomic mass is 9.75. The lowest BCUT2D eigenvalue weighted by Crippen LogP contribution is -2.43. The largest absolute Gasteiger partial charge is 0.464 e. The zero-order chi connectivity index (χ0) is 28.2. The highest BCUT2D eigenvalue weighted by Gasteiger charge is 2.34. The fourth-order valence-electron chi connectivity index (χ4n) is 4.74. The molecule has 1 atom stereocenters. The zero-order valence-corrected chi connectivity index (χ0v) is 25.3. The molecule has 1 rings (SSSR count). The molecule has 37 heavy (non-hydrogen) atoms. The number of carbonyl (C=O) groups excluding carboxylic acids is 2. The van der Waals surface area contributed by atoms with E-state index in [1.807, 2.05) is 27.7 Å². The van der Waals surface area contributed by atoms with Crippen LogP contribution in [0.3, 0.4) is 0 Å². The van der Waals surface area contributed by atoms with Crippen LogP contribution in [0.1, 0.15) is 127 Å². The molecule has 1 aliphatic rings. The fraction of sp³-hybridized carbons (Fsp3) is 0.806. The molecule has 6 heteroatoms. The maximum Gasteiger partial charge on any atom is 0.339 e. The fourth-order valence-corrected chi connectivity index (χ4v) is 4.74. The van der Waals surface area contributed by atoms with Gasteiger partial charge in [-0.3, -0.25) is 9.63 Å². The quantitative estimate of drug-likeness (QED) is 0.0955. The van der Waals surface area contributed by atoms with E-state index in [-0.39, 0.29) is 25.0 Å². The van der Waals surface area contributed by atoms with Crippen LogP contribution in [-0.4, -0.2) is 47.9 Å². The molecule has 0 N–H and O–H groups in total. The molecule has 214 valence electrons. The number of nitrogens with zero attached hydrogens (tertiary/aromatic N) is 1. The molecular formula is C31H55NO5. The Morgan fingerprint density at radius 1 is 1.05 bits per heavy atom. The van der Waals surface area contributed by atoms with Crippen LogP contribution >= 0.6 is 0 Å². The Bertz CT molecular complexity index is 767. The van der Waals surface area contributed by atoms with Gasteiger partial charge in [0.15, 0.2) is 6.10 Å². The molecule has 0 bridgehead atoms. The standard InChI is InChI=1S/C31H55NO5/c1-11-14-15-21-36-32(26-17-19-31(9,10)20-18-26)27(33)22-25(16-12-2)23(4)24(5)28(29(34)35-13-3)37-30(6,7)8/h26,28H,5,11-22H2,1-4,6-10H3/b25-23+/t28-/m0/s1. The van der Waals surface area contributed by atoms with E-state index in [1.54, 1.807) is 12.0 Å². The molecular weight excluding hydrogens is 466 g/mol. The van der Waals surface area contributed by atoms with Crippen molar-refractivity contribution in [1.82, 2.24) is 5.06 Å². The number of carbonyl (C=O) groups is 2. The molecule has 0 heterocycles. The summed E-state index contributed by atoms with van der Waals surface area (Å²) in [4.78, 5) is 32.7. The van der Waals surface area contributed by atoms with E-state index in [2.05, 4.69) is 34.3 Å². The molecule has 0 saturated heterocycles. The van der Waals surface area contributed by atoms with Crippen molar-refractivity contribution < 1.29 is 23.9 Å². The molecule has 0 radical (unpaired) electrons. The van der Waals surface area contributed by atoms with Gasteiger partial charge in [0.05, 0.1) is 31.3 Å². The molecule has 0 unspecified atom stereocenters. The van der Waals surface area contributed by atoms with Gasteiger partial charge in [0.1, 0.15) is 0 Å². The molecule has 1 saturated carbocycles. The van der Waals surface area contributed by atoms with Gasteiger partial charge in [0.25, 0.3) is 0 Å². The first-order valence-electron chi connectivity index (χ1n) is 14.4. The predicted molar refractivity (Wildman–Crippen MR) is 151 cm³/mol. The Kier molecular flexibility index (Phi) is 14.1. The second kappa shape index (κ2) is 15.7. The van der Waals surface area contributed by atoms with Crippen LogP contribution in [-0.2, 0) is 23.9 Å². The summed E-state index contributed by atoms with van der Waals surface area (Å²) < 4.78 is 11.4. The van der Waals surface area contributed by atoms with Gasteiger partial charge < -0.3 is 9.47 Å². The maximum atomic E-state index is 13.7. The third kappa shape index (κ3) is 11.7. The van der Waals surface area contributed by atoms with Gasteiger partial charge in [0, 0.05) is 0 Å². The first-order chi connectivity index (χ1) is 17.3. The Morgan fingerprint density at radius 2 is 1.68 bits per heavy atom. The highest BCUT2D eigenvalue weighted by atomic mass is 16.7. The highest BCUT2D eigenvalue weighted by Crippen LogP contribution is 2.37. The van der Waals surface area contributed by atoms with E-state index in [0.717, 1.165) is 68.9 Å². The average Bonchev–Trinajstić information content (AvgIpc) is 2.81. The van der Waals surface area contributed by atoms with Crippen LogP contribution in [0.25, 0.3) is 0 Å². The van der Waals surface area contributed by atoms with Gasteiger partial charge in [0.2, 0.25) is 5.91 Å². The van der Waals surface area contributed by atoms with Gasteiger partial charge in [-0.25, -0.2) is 9.86 Å². The molecule has 0 aromatic carbocycles. The number of rotatable bonds is 15. The SMILES string of the molecule is C=C(/C(C)=C(\CCC)CC(=O)N(OCCCCC)C1CCC(C)(C)CC1)[C@H](OC(C)(C)C)C(=O)OCC. The normalized spacial score (nSPS) is 17.6. The summed E-state index contributed by atoms with van der Waals surface area (Å²) in [6.45, 7) is 23.3. The van der Waals surface area contributed by atoms with Crippen molar-refractivity contribution in [2.45, 2.75) is 144 Å². The van der Waals surface area contributed by atoms with Crippen molar-refractivity contribution in [3.05, 3.63) is 23.3 Å². The van der Waals surface area contributed by atoms with Crippen molar-refractivity contribution in [3.8, 4) is 0 Å². The summed E-state index contributed by atoms with van der Waals surface area (Å²) in [6, 6.07) is 0.102. The Hall–Kier alpha value is -1.66. The molecule has 6 nitrogen and oxygen atoms in total. The number of hydrogen-bond donors (Lipinski definition) is 0. The van der Waals surface area contributed by atoms with E-state index in [0.29, 0.717) is 17.6 Å². The average molecular weight is 522 g/mol. The summed E-state index contributed by atoms with van der Waals surface area (Å²) in [5.74, 6) is -0.462. The first kappa shape index (κ1) is 33.4. The molecule has 0 aromatic heterocycles. The second-order valence-electron chi connectivity index (χ2n) is 12.2. The number of hydroxylamine groups is 2. The lowest BCUT2D eigenvalue weighted by Gasteiger charge is -2.39.